The van der Waals surface area contributed by atoms with Crippen LogP contribution in [-0.2, 0) is 14.3 Å². The molecule has 2 aliphatic rings. The van der Waals surface area contributed by atoms with Crippen LogP contribution in [0.4, 0.5) is 10.2 Å². The highest BCUT2D eigenvalue weighted by Crippen LogP contribution is 2.44. The zero-order valence-corrected chi connectivity index (χ0v) is 25.4. The molecule has 0 aliphatic carbocycles. The van der Waals surface area contributed by atoms with E-state index in [1.165, 1.54) is 24.3 Å². The van der Waals surface area contributed by atoms with Crippen molar-refractivity contribution in [2.75, 3.05) is 71.0 Å². The van der Waals surface area contributed by atoms with E-state index in [1.54, 1.807) is 16.9 Å². The van der Waals surface area contributed by atoms with E-state index in [0.717, 1.165) is 19.5 Å². The van der Waals surface area contributed by atoms with Gasteiger partial charge >= 0.3 is 0 Å². The van der Waals surface area contributed by atoms with E-state index in [9.17, 15) is 14.7 Å². The third-order valence-corrected chi connectivity index (χ3v) is 8.39. The highest BCUT2D eigenvalue weighted by atomic mass is 35.5. The van der Waals surface area contributed by atoms with Crippen molar-refractivity contribution < 1.29 is 28.6 Å². The van der Waals surface area contributed by atoms with E-state index in [0.29, 0.717) is 44.2 Å². The lowest BCUT2D eigenvalue weighted by Gasteiger charge is -2.48. The Morgan fingerprint density at radius 1 is 1.29 bits per heavy atom. The van der Waals surface area contributed by atoms with E-state index in [4.69, 9.17) is 26.1 Å². The van der Waals surface area contributed by atoms with Gasteiger partial charge in [-0.3, -0.25) is 14.5 Å². The fourth-order valence-corrected chi connectivity index (χ4v) is 5.99. The zero-order chi connectivity index (χ0) is 30.6. The number of rotatable bonds is 10. The van der Waals surface area contributed by atoms with Crippen LogP contribution in [0.1, 0.15) is 19.4 Å². The van der Waals surface area contributed by atoms with E-state index in [2.05, 4.69) is 30.2 Å². The number of hydrogen-bond donors (Lipinski definition) is 1. The molecular weight excluding hydrogens is 565 g/mol. The SMILES string of the molecule is C=CC(=O)N1CCN(C=O)C(COc2c(C)c(N3CCN(CCOC)C(C)(C)C3)nc(-c3c(O)cccc3F)c2Cl)C1. The second-order valence-electron chi connectivity index (χ2n) is 11.2. The number of benzene rings is 1. The molecule has 2 fully saturated rings. The largest absolute Gasteiger partial charge is 0.507 e. The molecule has 2 saturated heterocycles. The number of carbonyl (C=O) groups excluding carboxylic acids is 2. The van der Waals surface area contributed by atoms with Gasteiger partial charge in [-0.2, -0.15) is 0 Å². The van der Waals surface area contributed by atoms with Crippen molar-refractivity contribution in [3.63, 3.8) is 0 Å². The molecule has 1 atom stereocenters. The molecule has 0 bridgehead atoms. The molecule has 0 radical (unpaired) electrons. The average Bonchev–Trinajstić information content (AvgIpc) is 2.96. The number of nitrogens with zero attached hydrogens (tertiary/aromatic N) is 5. The summed E-state index contributed by atoms with van der Waals surface area (Å²) in [4.78, 5) is 36.6. The molecule has 1 N–H and O–H groups in total. The fourth-order valence-electron chi connectivity index (χ4n) is 5.66. The molecular formula is C30H39ClFN5O5. The standard InChI is InChI=1S/C30H39ClFN5O5/c1-6-24(40)34-10-11-36(19-38)21(16-34)17-42-28-20(2)29(35-12-13-37(14-15-41-5)30(3,4)18-35)33-27(26(28)31)25-22(32)8-7-9-23(25)39/h6-9,19,21,39H,1,10-18H2,2-5H3. The van der Waals surface area contributed by atoms with Crippen LogP contribution in [0, 0.1) is 12.7 Å². The summed E-state index contributed by atoms with van der Waals surface area (Å²) in [6, 6.07) is 3.58. The molecule has 228 valence electrons. The van der Waals surface area contributed by atoms with Crippen molar-refractivity contribution >= 4 is 29.7 Å². The van der Waals surface area contributed by atoms with Crippen LogP contribution in [0.15, 0.2) is 30.9 Å². The van der Waals surface area contributed by atoms with Gasteiger partial charge in [0.25, 0.3) is 0 Å². The summed E-state index contributed by atoms with van der Waals surface area (Å²) in [5.74, 6) is -0.362. The molecule has 0 saturated carbocycles. The van der Waals surface area contributed by atoms with Crippen LogP contribution in [0.5, 0.6) is 11.5 Å². The van der Waals surface area contributed by atoms with Crippen molar-refractivity contribution in [1.29, 1.82) is 0 Å². The molecule has 2 aromatic rings. The van der Waals surface area contributed by atoms with Gasteiger partial charge in [-0.1, -0.05) is 24.2 Å². The quantitative estimate of drug-likeness (QED) is 0.326. The number of pyridine rings is 1. The number of anilines is 1. The molecule has 12 heteroatoms. The number of aromatic hydroxyl groups is 1. The number of aromatic nitrogens is 1. The van der Waals surface area contributed by atoms with Gasteiger partial charge in [0, 0.05) is 64.0 Å². The van der Waals surface area contributed by atoms with Crippen LogP contribution >= 0.6 is 11.6 Å². The van der Waals surface area contributed by atoms with Crippen LogP contribution in [0.25, 0.3) is 11.3 Å². The highest BCUT2D eigenvalue weighted by Gasteiger charge is 2.36. The van der Waals surface area contributed by atoms with Crippen molar-refractivity contribution in [2.45, 2.75) is 32.4 Å². The first-order valence-corrected chi connectivity index (χ1v) is 14.3. The van der Waals surface area contributed by atoms with Gasteiger partial charge in [0.1, 0.15) is 40.5 Å². The Morgan fingerprint density at radius 3 is 2.69 bits per heavy atom. The Labute approximate surface area is 251 Å². The molecule has 1 aromatic heterocycles. The van der Waals surface area contributed by atoms with Gasteiger partial charge in [0.2, 0.25) is 12.3 Å². The number of halogens is 2. The number of carbonyl (C=O) groups is 2. The van der Waals surface area contributed by atoms with Crippen LogP contribution < -0.4 is 9.64 Å². The van der Waals surface area contributed by atoms with Gasteiger partial charge in [-0.25, -0.2) is 9.37 Å². The molecule has 4 rings (SSSR count). The third-order valence-electron chi connectivity index (χ3n) is 8.04. The number of hydrogen-bond acceptors (Lipinski definition) is 8. The van der Waals surface area contributed by atoms with Gasteiger partial charge < -0.3 is 29.3 Å². The number of methoxy groups -OCH3 is 1. The molecule has 2 amide bonds. The van der Waals surface area contributed by atoms with E-state index in [-0.39, 0.29) is 52.4 Å². The maximum atomic E-state index is 15.1. The molecule has 1 aromatic carbocycles. The molecule has 1 unspecified atom stereocenters. The first-order chi connectivity index (χ1) is 20.0. The van der Waals surface area contributed by atoms with Crippen molar-refractivity contribution in [3.05, 3.63) is 47.3 Å². The lowest BCUT2D eigenvalue weighted by atomic mass is 9.98. The average molecular weight is 604 g/mol. The van der Waals surface area contributed by atoms with Crippen molar-refractivity contribution in [3.8, 4) is 22.8 Å². The van der Waals surface area contributed by atoms with Gasteiger partial charge in [0.05, 0.1) is 18.2 Å². The van der Waals surface area contributed by atoms with Gasteiger partial charge in [-0.15, -0.1) is 0 Å². The molecule has 3 heterocycles. The Hall–Kier alpha value is -3.41. The first kappa shape index (κ1) is 31.5. The normalized spacial score (nSPS) is 19.1. The molecule has 42 heavy (non-hydrogen) atoms. The summed E-state index contributed by atoms with van der Waals surface area (Å²) in [5.41, 5.74) is 0.358. The lowest BCUT2D eigenvalue weighted by molar-refractivity contribution is -0.134. The Balaban J connectivity index is 1.73. The zero-order valence-electron chi connectivity index (χ0n) is 24.6. The summed E-state index contributed by atoms with van der Waals surface area (Å²) in [7, 11) is 1.68. The monoisotopic (exact) mass is 603 g/mol. The summed E-state index contributed by atoms with van der Waals surface area (Å²) in [6.45, 7) is 14.1. The van der Waals surface area contributed by atoms with Crippen LogP contribution in [-0.4, -0.2) is 115 Å². The number of phenolic OH excluding ortho intramolecular Hbond substituents is 1. The second-order valence-corrected chi connectivity index (χ2v) is 11.6. The molecule has 10 nitrogen and oxygen atoms in total. The minimum absolute atomic E-state index is 0.0304. The minimum Gasteiger partial charge on any atom is -0.507 e. The van der Waals surface area contributed by atoms with E-state index >= 15 is 4.39 Å². The summed E-state index contributed by atoms with van der Waals surface area (Å²) in [6.07, 6.45) is 1.98. The first-order valence-electron chi connectivity index (χ1n) is 13.9. The summed E-state index contributed by atoms with van der Waals surface area (Å²) >= 11 is 6.86. The predicted octanol–water partition coefficient (Wildman–Crippen LogP) is 3.34. The van der Waals surface area contributed by atoms with Gasteiger partial charge in [-0.05, 0) is 39.0 Å². The number of piperazine rings is 2. The Kier molecular flexibility index (Phi) is 9.96. The number of amides is 2. The van der Waals surface area contributed by atoms with E-state index < -0.39 is 11.9 Å². The van der Waals surface area contributed by atoms with Gasteiger partial charge in [0.15, 0.2) is 0 Å². The van der Waals surface area contributed by atoms with Crippen molar-refractivity contribution in [1.82, 2.24) is 19.7 Å². The van der Waals surface area contributed by atoms with E-state index in [1.807, 2.05) is 6.92 Å². The smallest absolute Gasteiger partial charge is 0.246 e. The fraction of sp³-hybridized carbons (Fsp3) is 0.500. The summed E-state index contributed by atoms with van der Waals surface area (Å²) < 4.78 is 26.7. The summed E-state index contributed by atoms with van der Waals surface area (Å²) in [5, 5.41) is 10.7. The lowest BCUT2D eigenvalue weighted by Crippen LogP contribution is -2.60. The Bertz CT molecular complexity index is 1310. The predicted molar refractivity (Wildman–Crippen MR) is 160 cm³/mol. The topological polar surface area (TPSA) is 98.7 Å². The Morgan fingerprint density at radius 2 is 2.05 bits per heavy atom. The van der Waals surface area contributed by atoms with Crippen LogP contribution in [0.3, 0.4) is 0 Å². The maximum Gasteiger partial charge on any atom is 0.246 e. The second kappa shape index (κ2) is 13.3. The third kappa shape index (κ3) is 6.48. The molecule has 0 spiro atoms. The number of ether oxygens (including phenoxy) is 2. The maximum absolute atomic E-state index is 15.1. The van der Waals surface area contributed by atoms with Crippen molar-refractivity contribution in [2.24, 2.45) is 0 Å². The minimum atomic E-state index is -0.673. The molecule has 2 aliphatic heterocycles. The van der Waals surface area contributed by atoms with Crippen LogP contribution in [0.2, 0.25) is 5.02 Å². The number of phenols is 1. The highest BCUT2D eigenvalue weighted by molar-refractivity contribution is 6.34.